The second-order valence-electron chi connectivity index (χ2n) is 7.72. The largest absolute Gasteiger partial charge is 0.352 e. The number of fused-ring (bicyclic) bond motifs is 1. The van der Waals surface area contributed by atoms with Crippen LogP contribution in [-0.2, 0) is 11.2 Å². The number of amides is 1. The quantitative estimate of drug-likeness (QED) is 0.383. The summed E-state index contributed by atoms with van der Waals surface area (Å²) < 4.78 is 0. The van der Waals surface area contributed by atoms with Crippen molar-refractivity contribution in [3.05, 3.63) is 83.6 Å². The highest BCUT2D eigenvalue weighted by Crippen LogP contribution is 2.29. The molecule has 0 radical (unpaired) electrons. The molecule has 1 heterocycles. The van der Waals surface area contributed by atoms with E-state index in [0.717, 1.165) is 46.1 Å². The van der Waals surface area contributed by atoms with Crippen molar-refractivity contribution in [2.45, 2.75) is 33.2 Å². The van der Waals surface area contributed by atoms with Crippen molar-refractivity contribution in [2.75, 3.05) is 5.32 Å². The number of benzene rings is 3. The van der Waals surface area contributed by atoms with Gasteiger partial charge in [-0.2, -0.15) is 0 Å². The number of anilines is 2. The first-order valence-corrected chi connectivity index (χ1v) is 10.5. The molecule has 0 bridgehead atoms. The van der Waals surface area contributed by atoms with Gasteiger partial charge in [-0.1, -0.05) is 37.3 Å². The molecule has 2 N–H and O–H groups in total. The number of hydrogen-bond acceptors (Lipinski definition) is 4. The predicted octanol–water partition coefficient (Wildman–Crippen LogP) is 5.72. The molecule has 0 saturated heterocycles. The average molecular weight is 411 g/mol. The number of carbonyl (C=O) groups excluding carboxylic acids is 1. The van der Waals surface area contributed by atoms with Crippen LogP contribution in [0.15, 0.2) is 66.9 Å². The monoisotopic (exact) mass is 410 g/mol. The lowest BCUT2D eigenvalue weighted by Crippen LogP contribution is -2.16. The van der Waals surface area contributed by atoms with Crippen molar-refractivity contribution >= 4 is 28.9 Å². The fraction of sp³-hybridized carbons (Fsp3) is 0.192. The molecule has 1 aromatic heterocycles. The number of hydrogen-bond donors (Lipinski definition) is 2. The lowest BCUT2D eigenvalue weighted by atomic mass is 9.95. The molecule has 0 aliphatic rings. The van der Waals surface area contributed by atoms with E-state index < -0.39 is 0 Å². The van der Waals surface area contributed by atoms with Crippen LogP contribution in [0.5, 0.6) is 0 Å². The van der Waals surface area contributed by atoms with Crippen molar-refractivity contribution in [1.82, 2.24) is 15.3 Å². The Morgan fingerprint density at radius 3 is 2.58 bits per heavy atom. The Hall–Kier alpha value is -3.73. The summed E-state index contributed by atoms with van der Waals surface area (Å²) in [5.74, 6) is 0.580. The smallest absolute Gasteiger partial charge is 0.227 e. The summed E-state index contributed by atoms with van der Waals surface area (Å²) in [6, 6.07) is 20.8. The Balaban J connectivity index is 1.62. The molecule has 156 valence electrons. The van der Waals surface area contributed by atoms with E-state index in [-0.39, 0.29) is 6.04 Å². The maximum atomic E-state index is 10.8. The molecule has 0 spiro atoms. The molecular formula is C26H26N4O. The summed E-state index contributed by atoms with van der Waals surface area (Å²) in [5, 5.41) is 7.07. The Morgan fingerprint density at radius 1 is 1.03 bits per heavy atom. The minimum Gasteiger partial charge on any atom is -0.352 e. The molecule has 4 rings (SSSR count). The third kappa shape index (κ3) is 4.56. The van der Waals surface area contributed by atoms with Gasteiger partial charge in [-0.3, -0.25) is 4.79 Å². The maximum Gasteiger partial charge on any atom is 0.227 e. The van der Waals surface area contributed by atoms with Crippen molar-refractivity contribution in [3.8, 4) is 11.1 Å². The van der Waals surface area contributed by atoms with Gasteiger partial charge in [0.05, 0.1) is 11.6 Å². The van der Waals surface area contributed by atoms with Crippen molar-refractivity contribution in [3.63, 3.8) is 0 Å². The van der Waals surface area contributed by atoms with Gasteiger partial charge in [0, 0.05) is 17.3 Å². The lowest BCUT2D eigenvalue weighted by molar-refractivity contribution is -0.110. The van der Waals surface area contributed by atoms with Gasteiger partial charge in [0.25, 0.3) is 0 Å². The molecule has 5 heteroatoms. The minimum absolute atomic E-state index is 0.0411. The zero-order chi connectivity index (χ0) is 21.8. The van der Waals surface area contributed by atoms with E-state index in [1.807, 2.05) is 31.3 Å². The average Bonchev–Trinajstić information content (AvgIpc) is 2.80. The zero-order valence-electron chi connectivity index (χ0n) is 18.0. The van der Waals surface area contributed by atoms with Gasteiger partial charge in [-0.25, -0.2) is 9.97 Å². The number of aromatic nitrogens is 2. The molecule has 0 aliphatic carbocycles. The van der Waals surface area contributed by atoms with E-state index in [0.29, 0.717) is 5.95 Å². The first-order chi connectivity index (χ1) is 15.1. The third-order valence-electron chi connectivity index (χ3n) is 5.59. The molecule has 1 amide bonds. The Labute approximate surface area is 182 Å². The van der Waals surface area contributed by atoms with Crippen LogP contribution in [0.25, 0.3) is 22.0 Å². The number of carbonyl (C=O) groups is 1. The first kappa shape index (κ1) is 20.5. The summed E-state index contributed by atoms with van der Waals surface area (Å²) in [5.41, 5.74) is 7.64. The number of rotatable bonds is 7. The summed E-state index contributed by atoms with van der Waals surface area (Å²) >= 11 is 0. The van der Waals surface area contributed by atoms with Gasteiger partial charge in [-0.15, -0.1) is 0 Å². The van der Waals surface area contributed by atoms with Crippen molar-refractivity contribution < 1.29 is 4.79 Å². The van der Waals surface area contributed by atoms with E-state index in [1.54, 1.807) is 0 Å². The van der Waals surface area contributed by atoms with Gasteiger partial charge in [0.15, 0.2) is 0 Å². The van der Waals surface area contributed by atoms with Crippen LogP contribution >= 0.6 is 0 Å². The van der Waals surface area contributed by atoms with Gasteiger partial charge in [0.1, 0.15) is 0 Å². The highest BCUT2D eigenvalue weighted by molar-refractivity contribution is 5.85. The van der Waals surface area contributed by atoms with E-state index in [9.17, 15) is 4.79 Å². The Bertz CT molecular complexity index is 1220. The van der Waals surface area contributed by atoms with E-state index in [1.165, 1.54) is 11.1 Å². The topological polar surface area (TPSA) is 66.9 Å². The van der Waals surface area contributed by atoms with Crippen molar-refractivity contribution in [1.29, 1.82) is 0 Å². The number of nitrogens with zero attached hydrogens (tertiary/aromatic N) is 2. The molecule has 0 aliphatic heterocycles. The highest BCUT2D eigenvalue weighted by atomic mass is 16.1. The molecule has 3 aromatic carbocycles. The van der Waals surface area contributed by atoms with Gasteiger partial charge >= 0.3 is 0 Å². The van der Waals surface area contributed by atoms with Crippen LogP contribution in [0.2, 0.25) is 0 Å². The molecule has 0 fully saturated rings. The Kier molecular flexibility index (Phi) is 5.94. The standard InChI is InChI=1S/C26H26N4O/c1-4-19-6-10-23(11-7-19)29-26-27-15-22-13-21(9-12-25(22)30-26)24-14-20(8-5-17(24)2)18(3)28-16-31/h5-16,18H,4H2,1-3H3,(H,28,31)(H,27,29,30). The lowest BCUT2D eigenvalue weighted by Gasteiger charge is -2.15. The summed E-state index contributed by atoms with van der Waals surface area (Å²) in [7, 11) is 0. The molecule has 1 unspecified atom stereocenters. The normalized spacial score (nSPS) is 11.8. The van der Waals surface area contributed by atoms with E-state index >= 15 is 0 Å². The summed E-state index contributed by atoms with van der Waals surface area (Å²) in [4.78, 5) is 20.0. The van der Waals surface area contributed by atoms with Crippen LogP contribution in [0, 0.1) is 6.92 Å². The zero-order valence-corrected chi connectivity index (χ0v) is 18.0. The highest BCUT2D eigenvalue weighted by Gasteiger charge is 2.10. The summed E-state index contributed by atoms with van der Waals surface area (Å²) in [6.45, 7) is 6.21. The molecule has 4 aromatic rings. The molecule has 5 nitrogen and oxygen atoms in total. The van der Waals surface area contributed by atoms with E-state index in [2.05, 4.69) is 76.9 Å². The maximum absolute atomic E-state index is 10.8. The van der Waals surface area contributed by atoms with Crippen LogP contribution in [0.3, 0.4) is 0 Å². The van der Waals surface area contributed by atoms with Crippen molar-refractivity contribution in [2.24, 2.45) is 0 Å². The SMILES string of the molecule is CCc1ccc(Nc2ncc3cc(-c4cc(C(C)NC=O)ccc4C)ccc3n2)cc1. The number of aryl methyl sites for hydroxylation is 2. The number of nitrogens with one attached hydrogen (secondary N) is 2. The second kappa shape index (κ2) is 8.96. The third-order valence-corrected chi connectivity index (χ3v) is 5.59. The second-order valence-corrected chi connectivity index (χ2v) is 7.72. The molecule has 1 atom stereocenters. The summed E-state index contributed by atoms with van der Waals surface area (Å²) in [6.07, 6.45) is 3.61. The van der Waals surface area contributed by atoms with Crippen LogP contribution in [-0.4, -0.2) is 16.4 Å². The van der Waals surface area contributed by atoms with Gasteiger partial charge in [0.2, 0.25) is 12.4 Å². The van der Waals surface area contributed by atoms with Gasteiger partial charge in [-0.05, 0) is 78.4 Å². The minimum atomic E-state index is -0.0411. The first-order valence-electron chi connectivity index (χ1n) is 10.5. The van der Waals surface area contributed by atoms with Crippen LogP contribution in [0.1, 0.15) is 36.6 Å². The fourth-order valence-electron chi connectivity index (χ4n) is 3.63. The molecular weight excluding hydrogens is 384 g/mol. The van der Waals surface area contributed by atoms with Crippen LogP contribution in [0.4, 0.5) is 11.6 Å². The fourth-order valence-corrected chi connectivity index (χ4v) is 3.63. The molecule has 31 heavy (non-hydrogen) atoms. The predicted molar refractivity (Wildman–Crippen MR) is 126 cm³/mol. The van der Waals surface area contributed by atoms with Crippen LogP contribution < -0.4 is 10.6 Å². The van der Waals surface area contributed by atoms with E-state index in [4.69, 9.17) is 0 Å². The van der Waals surface area contributed by atoms with Gasteiger partial charge < -0.3 is 10.6 Å². The Morgan fingerprint density at radius 2 is 1.84 bits per heavy atom. The molecule has 0 saturated carbocycles.